The first-order valence-corrected chi connectivity index (χ1v) is 4.12. The summed E-state index contributed by atoms with van der Waals surface area (Å²) in [5.74, 6) is -0.133. The summed E-state index contributed by atoms with van der Waals surface area (Å²) in [7, 11) is 0. The highest BCUT2D eigenvalue weighted by Gasteiger charge is 2.07. The molecule has 0 bridgehead atoms. The van der Waals surface area contributed by atoms with Gasteiger partial charge in [-0.1, -0.05) is 0 Å². The standard InChI is InChI=1S/C7H10N4O3/c1-2-14-7(13)5-11-9-6(3-4-12)8-10-11/h4H,2-3,5H2,1H3. The van der Waals surface area contributed by atoms with Gasteiger partial charge < -0.3 is 9.53 Å². The molecule has 0 saturated carbocycles. The van der Waals surface area contributed by atoms with E-state index >= 15 is 0 Å². The summed E-state index contributed by atoms with van der Waals surface area (Å²) in [6, 6.07) is 0. The Morgan fingerprint density at radius 3 is 3.07 bits per heavy atom. The molecule has 0 N–H and O–H groups in total. The largest absolute Gasteiger partial charge is 0.465 e. The Morgan fingerprint density at radius 2 is 2.43 bits per heavy atom. The number of carbonyl (C=O) groups excluding carboxylic acids is 2. The number of hydrogen-bond donors (Lipinski definition) is 0. The van der Waals surface area contributed by atoms with Crippen molar-refractivity contribution in [3.05, 3.63) is 5.82 Å². The Hall–Kier alpha value is -1.79. The highest BCUT2D eigenvalue weighted by molar-refractivity contribution is 5.68. The maximum Gasteiger partial charge on any atom is 0.329 e. The number of esters is 1. The van der Waals surface area contributed by atoms with E-state index in [1.165, 1.54) is 0 Å². The van der Waals surface area contributed by atoms with Crippen molar-refractivity contribution in [1.82, 2.24) is 20.2 Å². The molecule has 7 nitrogen and oxygen atoms in total. The fourth-order valence-electron chi connectivity index (χ4n) is 0.822. The van der Waals surface area contributed by atoms with Crippen LogP contribution in [0.5, 0.6) is 0 Å². The maximum absolute atomic E-state index is 11.0. The molecule has 0 atom stereocenters. The molecule has 0 spiro atoms. The summed E-state index contributed by atoms with van der Waals surface area (Å²) in [6.45, 7) is 1.94. The number of hydrogen-bond acceptors (Lipinski definition) is 6. The van der Waals surface area contributed by atoms with Crippen LogP contribution in [0.15, 0.2) is 0 Å². The van der Waals surface area contributed by atoms with Crippen LogP contribution in [0.25, 0.3) is 0 Å². The number of ether oxygens (including phenoxy) is 1. The normalized spacial score (nSPS) is 9.79. The first kappa shape index (κ1) is 10.3. The summed E-state index contributed by atoms with van der Waals surface area (Å²) in [4.78, 5) is 22.2. The summed E-state index contributed by atoms with van der Waals surface area (Å²) in [5.41, 5.74) is 0. The molecule has 1 rings (SSSR count). The van der Waals surface area contributed by atoms with Gasteiger partial charge in [0.05, 0.1) is 13.0 Å². The van der Waals surface area contributed by atoms with E-state index in [1.807, 2.05) is 0 Å². The van der Waals surface area contributed by atoms with Gasteiger partial charge in [-0.3, -0.25) is 0 Å². The molecule has 76 valence electrons. The molecule has 0 aliphatic heterocycles. The average molecular weight is 198 g/mol. The molecule has 1 aromatic heterocycles. The molecule has 0 unspecified atom stereocenters. The number of aldehydes is 1. The van der Waals surface area contributed by atoms with Crippen LogP contribution in [-0.2, 0) is 27.3 Å². The Morgan fingerprint density at radius 1 is 1.64 bits per heavy atom. The van der Waals surface area contributed by atoms with Crippen LogP contribution in [0.4, 0.5) is 0 Å². The zero-order valence-electron chi connectivity index (χ0n) is 7.71. The quantitative estimate of drug-likeness (QED) is 0.444. The minimum atomic E-state index is -0.428. The fourth-order valence-corrected chi connectivity index (χ4v) is 0.822. The van der Waals surface area contributed by atoms with Crippen molar-refractivity contribution >= 4 is 12.3 Å². The second-order valence-corrected chi connectivity index (χ2v) is 2.41. The van der Waals surface area contributed by atoms with E-state index in [-0.39, 0.29) is 13.0 Å². The highest BCUT2D eigenvalue weighted by Crippen LogP contribution is 1.87. The minimum absolute atomic E-state index is 0.0836. The Kier molecular flexibility index (Phi) is 3.71. The van der Waals surface area contributed by atoms with E-state index < -0.39 is 5.97 Å². The molecule has 0 saturated heterocycles. The van der Waals surface area contributed by atoms with E-state index in [0.29, 0.717) is 18.7 Å². The third-order valence-corrected chi connectivity index (χ3v) is 1.34. The highest BCUT2D eigenvalue weighted by atomic mass is 16.5. The molecule has 0 fully saturated rings. The smallest absolute Gasteiger partial charge is 0.329 e. The lowest BCUT2D eigenvalue weighted by atomic mass is 10.5. The monoisotopic (exact) mass is 198 g/mol. The third-order valence-electron chi connectivity index (χ3n) is 1.34. The molecular weight excluding hydrogens is 188 g/mol. The van der Waals surface area contributed by atoms with Gasteiger partial charge in [0.25, 0.3) is 0 Å². The van der Waals surface area contributed by atoms with E-state index in [4.69, 9.17) is 0 Å². The Labute approximate surface area is 80.0 Å². The Bertz CT molecular complexity index is 322. The molecule has 7 heteroatoms. The van der Waals surface area contributed by atoms with Crippen molar-refractivity contribution in [3.63, 3.8) is 0 Å². The zero-order chi connectivity index (χ0) is 10.4. The lowest BCUT2D eigenvalue weighted by Crippen LogP contribution is -2.15. The van der Waals surface area contributed by atoms with Gasteiger partial charge in [-0.25, -0.2) is 4.79 Å². The summed E-state index contributed by atoms with van der Waals surface area (Å²) in [5, 5.41) is 10.9. The van der Waals surface area contributed by atoms with Gasteiger partial charge in [0.1, 0.15) is 6.29 Å². The average Bonchev–Trinajstić information content (AvgIpc) is 2.53. The number of carbonyl (C=O) groups is 2. The van der Waals surface area contributed by atoms with Crippen LogP contribution < -0.4 is 0 Å². The van der Waals surface area contributed by atoms with Gasteiger partial charge in [0.15, 0.2) is 12.4 Å². The number of rotatable bonds is 5. The van der Waals surface area contributed by atoms with Crippen LogP contribution in [-0.4, -0.2) is 39.1 Å². The van der Waals surface area contributed by atoms with Crippen molar-refractivity contribution in [2.75, 3.05) is 6.61 Å². The molecular formula is C7H10N4O3. The van der Waals surface area contributed by atoms with Crippen LogP contribution in [0.2, 0.25) is 0 Å². The molecule has 1 aromatic rings. The lowest BCUT2D eigenvalue weighted by molar-refractivity contribution is -0.144. The first-order valence-electron chi connectivity index (χ1n) is 4.12. The molecule has 0 amide bonds. The summed E-state index contributed by atoms with van der Waals surface area (Å²) >= 11 is 0. The summed E-state index contributed by atoms with van der Waals surface area (Å²) in [6.07, 6.45) is 0.772. The van der Waals surface area contributed by atoms with Crippen molar-refractivity contribution in [3.8, 4) is 0 Å². The molecule has 1 heterocycles. The maximum atomic E-state index is 11.0. The second-order valence-electron chi connectivity index (χ2n) is 2.41. The lowest BCUT2D eigenvalue weighted by Gasteiger charge is -1.98. The first-order chi connectivity index (χ1) is 6.76. The predicted octanol–water partition coefficient (Wildman–Crippen LogP) is -1.02. The number of aromatic nitrogens is 4. The van der Waals surface area contributed by atoms with Crippen LogP contribution in [0.3, 0.4) is 0 Å². The zero-order valence-corrected chi connectivity index (χ0v) is 7.71. The fraction of sp³-hybridized carbons (Fsp3) is 0.571. The van der Waals surface area contributed by atoms with Crippen molar-refractivity contribution < 1.29 is 14.3 Å². The van der Waals surface area contributed by atoms with Gasteiger partial charge in [0.2, 0.25) is 0 Å². The molecule has 0 radical (unpaired) electrons. The van der Waals surface area contributed by atoms with E-state index in [2.05, 4.69) is 20.1 Å². The van der Waals surface area contributed by atoms with Crippen LogP contribution >= 0.6 is 0 Å². The topological polar surface area (TPSA) is 87.0 Å². The summed E-state index contributed by atoms with van der Waals surface area (Å²) < 4.78 is 4.68. The second kappa shape index (κ2) is 5.05. The molecule has 14 heavy (non-hydrogen) atoms. The number of nitrogens with zero attached hydrogens (tertiary/aromatic N) is 4. The third kappa shape index (κ3) is 2.92. The van der Waals surface area contributed by atoms with Gasteiger partial charge >= 0.3 is 5.97 Å². The van der Waals surface area contributed by atoms with Crippen molar-refractivity contribution in [2.45, 2.75) is 19.9 Å². The predicted molar refractivity (Wildman–Crippen MR) is 44.2 cm³/mol. The van der Waals surface area contributed by atoms with Gasteiger partial charge in [0, 0.05) is 0 Å². The molecule has 0 aliphatic rings. The number of tetrazole rings is 1. The molecule has 0 aromatic carbocycles. The van der Waals surface area contributed by atoms with E-state index in [1.54, 1.807) is 6.92 Å². The Balaban J connectivity index is 2.50. The SMILES string of the molecule is CCOC(=O)Cn1nnc(CC=O)n1. The van der Waals surface area contributed by atoms with E-state index in [9.17, 15) is 9.59 Å². The van der Waals surface area contributed by atoms with Crippen molar-refractivity contribution in [1.29, 1.82) is 0 Å². The molecule has 0 aliphatic carbocycles. The van der Waals surface area contributed by atoms with E-state index in [0.717, 1.165) is 4.80 Å². The minimum Gasteiger partial charge on any atom is -0.465 e. The van der Waals surface area contributed by atoms with Gasteiger partial charge in [-0.15, -0.1) is 10.2 Å². The van der Waals surface area contributed by atoms with Crippen LogP contribution in [0, 0.1) is 0 Å². The van der Waals surface area contributed by atoms with Gasteiger partial charge in [-0.2, -0.15) is 4.80 Å². The van der Waals surface area contributed by atoms with Crippen molar-refractivity contribution in [2.24, 2.45) is 0 Å². The van der Waals surface area contributed by atoms with Crippen LogP contribution in [0.1, 0.15) is 12.7 Å². The van der Waals surface area contributed by atoms with Gasteiger partial charge in [-0.05, 0) is 12.1 Å².